The summed E-state index contributed by atoms with van der Waals surface area (Å²) in [6.45, 7) is 8.55. The number of hydrogen-bond donors (Lipinski definition) is 1. The minimum absolute atomic E-state index is 0. The zero-order chi connectivity index (χ0) is 31.1. The van der Waals surface area contributed by atoms with E-state index in [4.69, 9.17) is 4.99 Å². The molecule has 44 heavy (non-hydrogen) atoms. The molecule has 1 amide bonds. The van der Waals surface area contributed by atoms with E-state index >= 15 is 0 Å². The summed E-state index contributed by atoms with van der Waals surface area (Å²) in [5, 5.41) is 3.26. The largest absolute Gasteiger partial charge is 0.338 e. The molecule has 0 saturated heterocycles. The van der Waals surface area contributed by atoms with Crippen LogP contribution in [0.5, 0.6) is 0 Å². The SMILES string of the molecule is CCCCCCCCCCCCCCCCCCC1=NCCN1C(C)NC(=O)CCCCCCCCCCCCCCC.Cl. The molecule has 1 N–H and O–H groups in total. The highest BCUT2D eigenvalue weighted by molar-refractivity contribution is 5.85. The lowest BCUT2D eigenvalue weighted by molar-refractivity contribution is -0.122. The third-order valence-electron chi connectivity index (χ3n) is 9.57. The lowest BCUT2D eigenvalue weighted by atomic mass is 10.0. The minimum atomic E-state index is 0. The van der Waals surface area contributed by atoms with E-state index in [1.807, 2.05) is 0 Å². The zero-order valence-electron chi connectivity index (χ0n) is 30.1. The van der Waals surface area contributed by atoms with Crippen LogP contribution in [0.1, 0.15) is 220 Å². The molecule has 1 aliphatic rings. The maximum Gasteiger partial charge on any atom is 0.221 e. The smallest absolute Gasteiger partial charge is 0.221 e. The van der Waals surface area contributed by atoms with Crippen molar-refractivity contribution in [2.45, 2.75) is 226 Å². The summed E-state index contributed by atoms with van der Waals surface area (Å²) in [5.74, 6) is 1.43. The van der Waals surface area contributed by atoms with Gasteiger partial charge < -0.3 is 10.2 Å². The average Bonchev–Trinajstić information content (AvgIpc) is 3.48. The Morgan fingerprint density at radius 3 is 1.32 bits per heavy atom. The molecule has 0 spiro atoms. The molecule has 1 atom stereocenters. The van der Waals surface area contributed by atoms with E-state index < -0.39 is 0 Å². The fourth-order valence-corrected chi connectivity index (χ4v) is 6.66. The summed E-state index contributed by atoms with van der Waals surface area (Å²) in [5.41, 5.74) is 0. The van der Waals surface area contributed by atoms with Crippen LogP contribution in [0, 0.1) is 0 Å². The maximum absolute atomic E-state index is 12.6. The Morgan fingerprint density at radius 1 is 0.591 bits per heavy atom. The maximum atomic E-state index is 12.6. The summed E-state index contributed by atoms with van der Waals surface area (Å²) in [4.78, 5) is 19.7. The Labute approximate surface area is 282 Å². The molecule has 0 aromatic rings. The third-order valence-corrected chi connectivity index (χ3v) is 9.57. The highest BCUT2D eigenvalue weighted by atomic mass is 35.5. The van der Waals surface area contributed by atoms with Gasteiger partial charge in [0, 0.05) is 19.4 Å². The van der Waals surface area contributed by atoms with Gasteiger partial charge in [-0.15, -0.1) is 12.4 Å². The van der Waals surface area contributed by atoms with Crippen LogP contribution in [0.2, 0.25) is 0 Å². The molecule has 4 nitrogen and oxygen atoms in total. The predicted molar refractivity (Wildman–Crippen MR) is 198 cm³/mol. The summed E-state index contributed by atoms with van der Waals surface area (Å²) in [6.07, 6.45) is 41.7. The summed E-state index contributed by atoms with van der Waals surface area (Å²) in [6, 6.07) is 0. The van der Waals surface area contributed by atoms with Gasteiger partial charge in [0.05, 0.1) is 12.7 Å². The van der Waals surface area contributed by atoms with Gasteiger partial charge in [-0.1, -0.05) is 187 Å². The van der Waals surface area contributed by atoms with Crippen LogP contribution >= 0.6 is 12.4 Å². The lowest BCUT2D eigenvalue weighted by Gasteiger charge is -2.28. The zero-order valence-corrected chi connectivity index (χ0v) is 30.9. The minimum Gasteiger partial charge on any atom is -0.338 e. The van der Waals surface area contributed by atoms with Crippen molar-refractivity contribution >= 4 is 24.1 Å². The number of amides is 1. The molecule has 1 aliphatic heterocycles. The van der Waals surface area contributed by atoms with Gasteiger partial charge in [-0.3, -0.25) is 9.79 Å². The first-order valence-corrected chi connectivity index (χ1v) is 19.8. The number of unbranched alkanes of at least 4 members (excludes halogenated alkanes) is 27. The van der Waals surface area contributed by atoms with Crippen LogP contribution in [-0.2, 0) is 4.79 Å². The monoisotopic (exact) mass is 640 g/mol. The molecular formula is C39H78ClN3O. The van der Waals surface area contributed by atoms with Crippen molar-refractivity contribution in [1.29, 1.82) is 0 Å². The van der Waals surface area contributed by atoms with Gasteiger partial charge in [0.1, 0.15) is 5.84 Å². The van der Waals surface area contributed by atoms with Gasteiger partial charge >= 0.3 is 0 Å². The number of carbonyl (C=O) groups excluding carboxylic acids is 1. The number of amidine groups is 1. The molecule has 0 aromatic heterocycles. The lowest BCUT2D eigenvalue weighted by Crippen LogP contribution is -2.47. The van der Waals surface area contributed by atoms with Crippen molar-refractivity contribution in [3.8, 4) is 0 Å². The predicted octanol–water partition coefficient (Wildman–Crippen LogP) is 12.7. The number of hydrogen-bond acceptors (Lipinski definition) is 3. The van der Waals surface area contributed by atoms with E-state index in [2.05, 4.69) is 31.0 Å². The number of halogens is 1. The molecule has 0 aliphatic carbocycles. The first-order valence-electron chi connectivity index (χ1n) is 19.8. The van der Waals surface area contributed by atoms with E-state index in [-0.39, 0.29) is 24.5 Å². The Bertz CT molecular complexity index is 641. The third kappa shape index (κ3) is 26.4. The van der Waals surface area contributed by atoms with Gasteiger partial charge in [0.15, 0.2) is 0 Å². The highest BCUT2D eigenvalue weighted by Gasteiger charge is 2.22. The molecule has 0 bridgehead atoms. The van der Waals surface area contributed by atoms with Crippen LogP contribution in [-0.4, -0.2) is 35.9 Å². The summed E-state index contributed by atoms with van der Waals surface area (Å²) < 4.78 is 0. The van der Waals surface area contributed by atoms with Gasteiger partial charge in [0.2, 0.25) is 5.91 Å². The van der Waals surface area contributed by atoms with E-state index in [1.54, 1.807) is 0 Å². The fraction of sp³-hybridized carbons (Fsp3) is 0.949. The van der Waals surface area contributed by atoms with E-state index in [1.165, 1.54) is 186 Å². The van der Waals surface area contributed by atoms with E-state index in [0.29, 0.717) is 6.42 Å². The summed E-state index contributed by atoms with van der Waals surface area (Å²) in [7, 11) is 0. The second kappa shape index (κ2) is 33.6. The molecule has 1 unspecified atom stereocenters. The van der Waals surface area contributed by atoms with Crippen molar-refractivity contribution in [2.24, 2.45) is 4.99 Å². The number of carbonyl (C=O) groups is 1. The van der Waals surface area contributed by atoms with Crippen LogP contribution in [0.4, 0.5) is 0 Å². The van der Waals surface area contributed by atoms with Crippen LogP contribution in [0.3, 0.4) is 0 Å². The number of nitrogens with one attached hydrogen (secondary N) is 1. The normalized spacial score (nSPS) is 13.6. The molecule has 0 radical (unpaired) electrons. The molecule has 1 heterocycles. The first kappa shape index (κ1) is 43.2. The second-order valence-electron chi connectivity index (χ2n) is 13.8. The van der Waals surface area contributed by atoms with E-state index in [0.717, 1.165) is 25.9 Å². The molecular weight excluding hydrogens is 562 g/mol. The topological polar surface area (TPSA) is 44.7 Å². The quantitative estimate of drug-likeness (QED) is 0.0726. The number of rotatable bonds is 33. The van der Waals surface area contributed by atoms with Crippen molar-refractivity contribution in [1.82, 2.24) is 10.2 Å². The Balaban J connectivity index is 0.0000185. The highest BCUT2D eigenvalue weighted by Crippen LogP contribution is 2.17. The van der Waals surface area contributed by atoms with Crippen molar-refractivity contribution in [3.63, 3.8) is 0 Å². The van der Waals surface area contributed by atoms with Gasteiger partial charge in [-0.25, -0.2) is 0 Å². The molecule has 0 aromatic carbocycles. The van der Waals surface area contributed by atoms with Gasteiger partial charge in [0.25, 0.3) is 0 Å². The van der Waals surface area contributed by atoms with Crippen molar-refractivity contribution in [2.75, 3.05) is 13.1 Å². The fourth-order valence-electron chi connectivity index (χ4n) is 6.66. The molecule has 1 rings (SSSR count). The molecule has 0 saturated carbocycles. The van der Waals surface area contributed by atoms with Crippen LogP contribution < -0.4 is 5.32 Å². The van der Waals surface area contributed by atoms with Crippen LogP contribution in [0.25, 0.3) is 0 Å². The van der Waals surface area contributed by atoms with Crippen molar-refractivity contribution in [3.05, 3.63) is 0 Å². The van der Waals surface area contributed by atoms with Gasteiger partial charge in [-0.05, 0) is 19.8 Å². The Hall–Kier alpha value is -0.770. The Kier molecular flexibility index (Phi) is 33.0. The van der Waals surface area contributed by atoms with Crippen LogP contribution in [0.15, 0.2) is 4.99 Å². The van der Waals surface area contributed by atoms with Gasteiger partial charge in [-0.2, -0.15) is 0 Å². The second-order valence-corrected chi connectivity index (χ2v) is 13.8. The number of nitrogens with zero attached hydrogens (tertiary/aromatic N) is 2. The average molecular weight is 641 g/mol. The van der Waals surface area contributed by atoms with E-state index in [9.17, 15) is 4.79 Å². The molecule has 5 heteroatoms. The standard InChI is InChI=1S/C39H77N3O.ClH/c1-4-6-8-10-12-14-16-18-19-20-22-23-25-27-29-31-33-38-40-35-36-42(38)37(3)41-39(43)34-32-30-28-26-24-21-17-15-13-11-9-7-5-2;/h37H,4-36H2,1-3H3,(H,41,43);1H. The summed E-state index contributed by atoms with van der Waals surface area (Å²) >= 11 is 0. The van der Waals surface area contributed by atoms with Crippen molar-refractivity contribution < 1.29 is 4.79 Å². The number of aliphatic imine (C=N–C) groups is 1. The molecule has 0 fully saturated rings. The first-order chi connectivity index (χ1) is 21.2. The molecule has 262 valence electrons. The Morgan fingerprint density at radius 2 is 0.932 bits per heavy atom.